The summed E-state index contributed by atoms with van der Waals surface area (Å²) in [5, 5.41) is 57.1. The SMILES string of the molecule is C.CC1=C(O)C(=NN=c2[n-]c(C)c([N+](=O)[O-])s2)C(C)=C(Cl)C1=O.CC1=C(O)C(=NN=c2[n-]c(C)c([N+](=O)[O-])s2)C(C)=C(Cl)C1=O.CCN(CC)c1ccc(/C=C/C2=[N+](C)c3ccc(Cl)cc3C2(C)CC)c(OC)c1.[Co]. The first-order valence-electron chi connectivity index (χ1n) is 22.3. The predicted octanol–water partition coefficient (Wildman–Crippen LogP) is 11.2. The summed E-state index contributed by atoms with van der Waals surface area (Å²) in [4.78, 5) is 54.1. The van der Waals surface area contributed by atoms with Gasteiger partial charge in [0.1, 0.15) is 35.7 Å². The molecule has 2 aromatic carbocycles. The van der Waals surface area contributed by atoms with Crippen LogP contribution in [0, 0.1) is 34.1 Å². The second kappa shape index (κ2) is 26.5. The number of methoxy groups -OCH3 is 1. The van der Waals surface area contributed by atoms with E-state index in [2.05, 4.69) is 117 Å². The van der Waals surface area contributed by atoms with Gasteiger partial charge in [-0.2, -0.15) is 4.58 Å². The van der Waals surface area contributed by atoms with Gasteiger partial charge in [-0.25, -0.2) is 0 Å². The molecule has 0 saturated heterocycles. The molecule has 0 saturated carbocycles. The number of aliphatic hydroxyl groups excluding tert-OH is 2. The monoisotopic (exact) mass is 1170 g/mol. The molecule has 3 aliphatic rings. The average molecular weight is 1170 g/mol. The van der Waals surface area contributed by atoms with Crippen LogP contribution in [0.15, 0.2) is 107 Å². The zero-order valence-electron chi connectivity index (χ0n) is 42.2. The summed E-state index contributed by atoms with van der Waals surface area (Å²) in [5.41, 5.74) is 7.21. The molecule has 19 nitrogen and oxygen atoms in total. The van der Waals surface area contributed by atoms with Gasteiger partial charge in [-0.15, -0.1) is 0 Å². The number of rotatable bonds is 11. The molecule has 75 heavy (non-hydrogen) atoms. The number of anilines is 1. The molecule has 2 aliphatic carbocycles. The predicted molar refractivity (Wildman–Crippen MR) is 294 cm³/mol. The zero-order chi connectivity index (χ0) is 54.4. The van der Waals surface area contributed by atoms with E-state index < -0.39 is 21.4 Å². The van der Waals surface area contributed by atoms with Crippen LogP contribution in [0.2, 0.25) is 5.02 Å². The van der Waals surface area contributed by atoms with E-state index in [-0.39, 0.29) is 116 Å². The zero-order valence-corrected chi connectivity index (χ0v) is 47.2. The van der Waals surface area contributed by atoms with E-state index in [0.717, 1.165) is 58.5 Å². The number of ketones is 2. The van der Waals surface area contributed by atoms with E-state index in [4.69, 9.17) is 39.5 Å². The number of thiazole rings is 2. The average Bonchev–Trinajstić information content (AvgIpc) is 4.01. The molecule has 1 atom stereocenters. The number of ether oxygens (including phenoxy) is 1. The molecule has 25 heteroatoms. The summed E-state index contributed by atoms with van der Waals surface area (Å²) < 4.78 is 7.99. The molecule has 0 fully saturated rings. The van der Waals surface area contributed by atoms with Crippen molar-refractivity contribution in [2.75, 3.05) is 32.1 Å². The van der Waals surface area contributed by atoms with Crippen LogP contribution in [0.3, 0.4) is 0 Å². The number of Topliss-reactive ketones (excluding diaryl/α,β-unsaturated/α-hetero) is 2. The van der Waals surface area contributed by atoms with Gasteiger partial charge >= 0.3 is 10.0 Å². The van der Waals surface area contributed by atoms with Gasteiger partial charge in [-0.05, 0) is 99.1 Å². The van der Waals surface area contributed by atoms with Crippen molar-refractivity contribution in [2.45, 2.75) is 88.5 Å². The maximum atomic E-state index is 11.7. The van der Waals surface area contributed by atoms with Crippen molar-refractivity contribution >= 4 is 114 Å². The first kappa shape index (κ1) is 63.0. The first-order valence-corrected chi connectivity index (χ1v) is 25.1. The molecule has 2 N–H and O–H groups in total. The first-order chi connectivity index (χ1) is 34.4. The molecule has 403 valence electrons. The molecule has 0 spiro atoms. The van der Waals surface area contributed by atoms with Gasteiger partial charge in [0, 0.05) is 113 Å². The number of benzene rings is 2. The van der Waals surface area contributed by atoms with E-state index in [0.29, 0.717) is 0 Å². The van der Waals surface area contributed by atoms with Crippen molar-refractivity contribution in [1.82, 2.24) is 9.97 Å². The third kappa shape index (κ3) is 13.4. The number of hydrogen-bond acceptors (Lipinski definition) is 16. The smallest absolute Gasteiger partial charge is 0.322 e. The molecule has 2 aromatic heterocycles. The van der Waals surface area contributed by atoms with Gasteiger partial charge in [0.15, 0.2) is 5.71 Å². The summed E-state index contributed by atoms with van der Waals surface area (Å²) in [7, 11) is 3.87. The Balaban J connectivity index is 0.000000297. The summed E-state index contributed by atoms with van der Waals surface area (Å²) in [6.45, 7) is 19.7. The van der Waals surface area contributed by atoms with E-state index in [1.807, 2.05) is 6.07 Å². The molecule has 3 heterocycles. The number of nitro groups is 2. The fourth-order valence-corrected chi connectivity index (χ4v) is 9.79. The van der Waals surface area contributed by atoms with Crippen LogP contribution in [0.4, 0.5) is 21.4 Å². The number of nitrogens with zero attached hydrogens (tertiary/aromatic N) is 10. The number of hydrogen-bond donors (Lipinski definition) is 2. The summed E-state index contributed by atoms with van der Waals surface area (Å²) >= 11 is 19.6. The number of carbonyl (C=O) groups is 2. The quantitative estimate of drug-likeness (QED) is 0.0615. The topological polar surface area (TPSA) is 254 Å². The van der Waals surface area contributed by atoms with Crippen LogP contribution in [0.1, 0.15) is 91.8 Å². The number of aryl methyl sites for hydroxylation is 2. The number of halogens is 3. The van der Waals surface area contributed by atoms with E-state index in [9.17, 15) is 40.0 Å². The fraction of sp³-hybridized carbons (Fsp3) is 0.340. The Morgan fingerprint density at radius 3 is 1.63 bits per heavy atom. The minimum atomic E-state index is -0.554. The van der Waals surface area contributed by atoms with Crippen LogP contribution >= 0.6 is 57.5 Å². The van der Waals surface area contributed by atoms with Crippen LogP contribution in [0.25, 0.3) is 6.08 Å². The van der Waals surface area contributed by atoms with Crippen LogP contribution in [0.5, 0.6) is 5.75 Å². The third-order valence-corrected chi connectivity index (χ3v) is 15.4. The number of fused-ring (bicyclic) bond motifs is 1. The molecule has 7 rings (SSSR count). The second-order valence-electron chi connectivity index (χ2n) is 16.6. The van der Waals surface area contributed by atoms with Crippen molar-refractivity contribution in [3.05, 3.63) is 144 Å². The Morgan fingerprint density at radius 2 is 1.23 bits per heavy atom. The Morgan fingerprint density at radius 1 is 0.760 bits per heavy atom. The van der Waals surface area contributed by atoms with Gasteiger partial charge in [0.25, 0.3) is 0 Å². The maximum Gasteiger partial charge on any atom is 0.322 e. The minimum absolute atomic E-state index is 0. The van der Waals surface area contributed by atoms with Gasteiger partial charge in [0.2, 0.25) is 17.3 Å². The fourth-order valence-electron chi connectivity index (χ4n) is 7.75. The molecule has 4 aromatic rings. The number of allylic oxidation sites excluding steroid dienone is 7. The van der Waals surface area contributed by atoms with Crippen LogP contribution in [-0.4, -0.2) is 80.6 Å². The molecule has 0 bridgehead atoms. The number of carbonyl (C=O) groups excluding carboxylic acids is 2. The van der Waals surface area contributed by atoms with Crippen molar-refractivity contribution < 1.29 is 55.7 Å². The Kier molecular flexibility index (Phi) is 22.2. The van der Waals surface area contributed by atoms with Gasteiger partial charge in [-0.1, -0.05) is 71.8 Å². The molecule has 1 radical (unpaired) electrons. The van der Waals surface area contributed by atoms with Crippen molar-refractivity contribution in [3.63, 3.8) is 0 Å². The Bertz CT molecular complexity index is 3150. The van der Waals surface area contributed by atoms with Gasteiger partial charge in [-0.3, -0.25) is 40.0 Å². The standard InChI is InChI=1S/C25H32ClN2O.2C12H11ClN4O4S.CH4.Co/c1-7-25(4)21-16-19(26)12-14-22(21)27(5)24(25)15-11-18-10-13-20(17-23(18)29-6)28(8-2)9-3;2*1-4-7(13)9(18)5(2)10(19)8(4)15-16-12-14-6(3)11(22-12)17(20)21;;/h10-17H,7-9H2,1-6H3;2*1-3H3,(H2,14,16,18,19);1H4;/q+1;;;;/p-2. The normalized spacial score (nSPS) is 18.1. The third-order valence-electron chi connectivity index (χ3n) is 12.2. The summed E-state index contributed by atoms with van der Waals surface area (Å²) in [6, 6.07) is 12.6. The largest absolute Gasteiger partial charge is 0.505 e. The van der Waals surface area contributed by atoms with Crippen molar-refractivity contribution in [3.8, 4) is 5.75 Å². The van der Waals surface area contributed by atoms with Gasteiger partial charge < -0.3 is 40.0 Å². The molecule has 1 aliphatic heterocycles. The molecular weight excluding hydrogens is 1110 g/mol. The van der Waals surface area contributed by atoms with Gasteiger partial charge in [0.05, 0.1) is 32.4 Å². The molecular formula is C50H56Cl3CoN10O9S2-. The summed E-state index contributed by atoms with van der Waals surface area (Å²) in [6.07, 6.45) is 5.40. The number of aromatic nitrogens is 2. The van der Waals surface area contributed by atoms with Crippen LogP contribution in [-0.2, 0) is 31.8 Å². The molecule has 1 unspecified atom stereocenters. The molecule has 0 amide bonds. The van der Waals surface area contributed by atoms with E-state index in [1.165, 1.54) is 64.2 Å². The Hall–Kier alpha value is -6.27. The summed E-state index contributed by atoms with van der Waals surface area (Å²) in [5.74, 6) is -0.699. The second-order valence-corrected chi connectivity index (χ2v) is 19.7. The Labute approximate surface area is 467 Å². The number of aliphatic hydroxyl groups is 2. The maximum absolute atomic E-state index is 11.7. The van der Waals surface area contributed by atoms with E-state index in [1.54, 1.807) is 7.11 Å². The van der Waals surface area contributed by atoms with Crippen molar-refractivity contribution in [1.29, 1.82) is 0 Å². The van der Waals surface area contributed by atoms with Crippen LogP contribution < -0.4 is 29.2 Å². The van der Waals surface area contributed by atoms with E-state index >= 15 is 0 Å². The minimum Gasteiger partial charge on any atom is -0.505 e. The van der Waals surface area contributed by atoms with Crippen molar-refractivity contribution in [2.24, 2.45) is 20.4 Å².